The van der Waals surface area contributed by atoms with Crippen molar-refractivity contribution in [3.63, 3.8) is 0 Å². The van der Waals surface area contributed by atoms with Crippen molar-refractivity contribution in [2.45, 2.75) is 0 Å². The summed E-state index contributed by atoms with van der Waals surface area (Å²) in [5, 5.41) is 2.79. The van der Waals surface area contributed by atoms with Gasteiger partial charge in [-0.05, 0) is 24.3 Å². The van der Waals surface area contributed by atoms with E-state index < -0.39 is 0 Å². The molecule has 0 aliphatic heterocycles. The molecule has 2 heterocycles. The van der Waals surface area contributed by atoms with E-state index in [4.69, 9.17) is 0 Å². The first-order valence-corrected chi connectivity index (χ1v) is 7.85. The third kappa shape index (κ3) is 3.07. The molecule has 0 spiro atoms. The van der Waals surface area contributed by atoms with Crippen molar-refractivity contribution >= 4 is 22.8 Å². The van der Waals surface area contributed by atoms with Crippen LogP contribution in [0, 0.1) is 0 Å². The molecule has 2 aromatic carbocycles. The molecular formula is C20H14N4O. The summed E-state index contributed by atoms with van der Waals surface area (Å²) in [5.74, 6) is 0.237. The Bertz CT molecular complexity index is 1030. The van der Waals surface area contributed by atoms with Crippen molar-refractivity contribution in [3.05, 3.63) is 84.7 Å². The lowest BCUT2D eigenvalue weighted by Gasteiger charge is -2.08. The third-order valence-electron chi connectivity index (χ3n) is 3.79. The Hall–Kier alpha value is -3.60. The summed E-state index contributed by atoms with van der Waals surface area (Å²) < 4.78 is 0. The number of nitrogens with zero attached hydrogens (tertiary/aromatic N) is 3. The van der Waals surface area contributed by atoms with Gasteiger partial charge in [0.05, 0.1) is 23.0 Å². The molecule has 0 aliphatic carbocycles. The van der Waals surface area contributed by atoms with Crippen LogP contribution >= 0.6 is 0 Å². The van der Waals surface area contributed by atoms with E-state index in [2.05, 4.69) is 20.3 Å². The molecule has 1 N–H and O–H groups in total. The lowest BCUT2D eigenvalue weighted by molar-refractivity contribution is 0.102. The Labute approximate surface area is 144 Å². The molecule has 25 heavy (non-hydrogen) atoms. The maximum absolute atomic E-state index is 12.7. The lowest BCUT2D eigenvalue weighted by atomic mass is 10.1. The van der Waals surface area contributed by atoms with Gasteiger partial charge >= 0.3 is 0 Å². The molecule has 0 atom stereocenters. The van der Waals surface area contributed by atoms with Crippen molar-refractivity contribution in [3.8, 4) is 11.3 Å². The molecule has 0 fully saturated rings. The minimum absolute atomic E-state index is 0.260. The number of para-hydroxylation sites is 1. The third-order valence-corrected chi connectivity index (χ3v) is 3.79. The number of pyridine rings is 1. The maximum atomic E-state index is 12.7. The van der Waals surface area contributed by atoms with E-state index in [1.807, 2.05) is 42.5 Å². The Kier molecular flexibility index (Phi) is 3.88. The second kappa shape index (κ2) is 6.49. The number of hydrogen-bond acceptors (Lipinski definition) is 4. The van der Waals surface area contributed by atoms with Crippen molar-refractivity contribution in [1.82, 2.24) is 15.0 Å². The summed E-state index contributed by atoms with van der Waals surface area (Å²) in [6.07, 6.45) is 3.35. The van der Waals surface area contributed by atoms with Crippen LogP contribution in [-0.4, -0.2) is 20.9 Å². The van der Waals surface area contributed by atoms with Crippen molar-refractivity contribution < 1.29 is 4.79 Å². The maximum Gasteiger partial charge on any atom is 0.259 e. The van der Waals surface area contributed by atoms with Gasteiger partial charge in [0.15, 0.2) is 0 Å². The van der Waals surface area contributed by atoms with Crippen LogP contribution in [0.15, 0.2) is 79.1 Å². The molecule has 0 unspecified atom stereocenters. The van der Waals surface area contributed by atoms with E-state index in [0.29, 0.717) is 22.4 Å². The molecular weight excluding hydrogens is 312 g/mol. The Balaban J connectivity index is 1.77. The molecule has 0 saturated heterocycles. The van der Waals surface area contributed by atoms with Crippen LogP contribution < -0.4 is 5.32 Å². The molecule has 1 amide bonds. The number of carbonyl (C=O) groups excluding carboxylic acids is 1. The molecule has 5 heteroatoms. The summed E-state index contributed by atoms with van der Waals surface area (Å²) in [6, 6.07) is 20.5. The smallest absolute Gasteiger partial charge is 0.259 e. The highest BCUT2D eigenvalue weighted by molar-refractivity contribution is 6.11. The van der Waals surface area contributed by atoms with Crippen LogP contribution in [0.3, 0.4) is 0 Å². The monoisotopic (exact) mass is 326 g/mol. The second-order valence-electron chi connectivity index (χ2n) is 5.46. The number of anilines is 1. The van der Waals surface area contributed by atoms with Gasteiger partial charge in [-0.2, -0.15) is 0 Å². The number of carbonyl (C=O) groups is 1. The van der Waals surface area contributed by atoms with E-state index in [9.17, 15) is 4.79 Å². The van der Waals surface area contributed by atoms with Gasteiger partial charge in [-0.3, -0.25) is 9.78 Å². The van der Waals surface area contributed by atoms with Crippen LogP contribution in [0.2, 0.25) is 0 Å². The fourth-order valence-corrected chi connectivity index (χ4v) is 2.58. The molecule has 120 valence electrons. The lowest BCUT2D eigenvalue weighted by Crippen LogP contribution is -2.14. The number of rotatable bonds is 3. The summed E-state index contributed by atoms with van der Waals surface area (Å²) in [7, 11) is 0. The Morgan fingerprint density at radius 2 is 1.68 bits per heavy atom. The number of fused-ring (bicyclic) bond motifs is 1. The molecule has 0 saturated carbocycles. The first kappa shape index (κ1) is 15.0. The molecule has 0 bridgehead atoms. The number of nitrogens with one attached hydrogen (secondary N) is 1. The quantitative estimate of drug-likeness (QED) is 0.619. The van der Waals surface area contributed by atoms with E-state index in [1.165, 1.54) is 0 Å². The molecule has 0 aliphatic rings. The minimum atomic E-state index is -0.260. The molecule has 0 radical (unpaired) electrons. The van der Waals surface area contributed by atoms with Crippen LogP contribution in [0.25, 0.3) is 22.3 Å². The van der Waals surface area contributed by atoms with Gasteiger partial charge in [0.1, 0.15) is 11.3 Å². The van der Waals surface area contributed by atoms with Crippen molar-refractivity contribution in [2.75, 3.05) is 5.32 Å². The SMILES string of the molecule is O=C(Nc1ccccn1)c1cccc2ncc(-c3ccccc3)nc12. The van der Waals surface area contributed by atoms with E-state index in [1.54, 1.807) is 36.7 Å². The van der Waals surface area contributed by atoms with E-state index in [-0.39, 0.29) is 5.91 Å². The van der Waals surface area contributed by atoms with Gasteiger partial charge in [0.25, 0.3) is 5.91 Å². The molecule has 4 aromatic rings. The molecule has 5 nitrogen and oxygen atoms in total. The fraction of sp³-hybridized carbons (Fsp3) is 0. The number of hydrogen-bond donors (Lipinski definition) is 1. The summed E-state index contributed by atoms with van der Waals surface area (Å²) in [6.45, 7) is 0. The van der Waals surface area contributed by atoms with Gasteiger partial charge in [-0.1, -0.05) is 42.5 Å². The summed E-state index contributed by atoms with van der Waals surface area (Å²) in [5.41, 5.74) is 3.39. The highest BCUT2D eigenvalue weighted by Gasteiger charge is 2.13. The Morgan fingerprint density at radius 1 is 0.840 bits per heavy atom. The number of amides is 1. The van der Waals surface area contributed by atoms with Gasteiger partial charge in [0, 0.05) is 11.8 Å². The normalized spacial score (nSPS) is 10.6. The van der Waals surface area contributed by atoms with Crippen LogP contribution in [-0.2, 0) is 0 Å². The van der Waals surface area contributed by atoms with Gasteiger partial charge < -0.3 is 5.32 Å². The zero-order chi connectivity index (χ0) is 17.1. The molecule has 4 rings (SSSR count). The zero-order valence-corrected chi connectivity index (χ0v) is 13.3. The highest BCUT2D eigenvalue weighted by atomic mass is 16.1. The van der Waals surface area contributed by atoms with Gasteiger partial charge in [-0.25, -0.2) is 9.97 Å². The second-order valence-corrected chi connectivity index (χ2v) is 5.46. The van der Waals surface area contributed by atoms with Crippen LogP contribution in [0.5, 0.6) is 0 Å². The standard InChI is InChI=1S/C20H14N4O/c25-20(24-18-11-4-5-12-21-18)15-9-6-10-16-19(15)23-17(13-22-16)14-7-2-1-3-8-14/h1-13H,(H,21,24,25). The number of benzene rings is 2. The van der Waals surface area contributed by atoms with Crippen molar-refractivity contribution in [1.29, 1.82) is 0 Å². The predicted octanol–water partition coefficient (Wildman–Crippen LogP) is 3.94. The zero-order valence-electron chi connectivity index (χ0n) is 13.3. The van der Waals surface area contributed by atoms with Gasteiger partial charge in [-0.15, -0.1) is 0 Å². The fourth-order valence-electron chi connectivity index (χ4n) is 2.58. The van der Waals surface area contributed by atoms with Crippen LogP contribution in [0.4, 0.5) is 5.82 Å². The topological polar surface area (TPSA) is 67.8 Å². The molecule has 2 aromatic heterocycles. The van der Waals surface area contributed by atoms with E-state index in [0.717, 1.165) is 11.3 Å². The highest BCUT2D eigenvalue weighted by Crippen LogP contribution is 2.21. The largest absolute Gasteiger partial charge is 0.306 e. The summed E-state index contributed by atoms with van der Waals surface area (Å²) >= 11 is 0. The van der Waals surface area contributed by atoms with Crippen molar-refractivity contribution in [2.24, 2.45) is 0 Å². The first-order valence-electron chi connectivity index (χ1n) is 7.85. The predicted molar refractivity (Wildman–Crippen MR) is 97.2 cm³/mol. The first-order chi connectivity index (χ1) is 12.3. The minimum Gasteiger partial charge on any atom is -0.306 e. The van der Waals surface area contributed by atoms with E-state index >= 15 is 0 Å². The van der Waals surface area contributed by atoms with Crippen LogP contribution in [0.1, 0.15) is 10.4 Å². The number of aromatic nitrogens is 3. The Morgan fingerprint density at radius 3 is 2.48 bits per heavy atom. The average molecular weight is 326 g/mol. The van der Waals surface area contributed by atoms with Gasteiger partial charge in [0.2, 0.25) is 0 Å². The average Bonchev–Trinajstić information content (AvgIpc) is 2.68. The summed E-state index contributed by atoms with van der Waals surface area (Å²) in [4.78, 5) is 25.9.